The maximum Gasteiger partial charge on any atom is 0.0605 e. The highest BCUT2D eigenvalue weighted by Gasteiger charge is 1.95. The first-order valence-corrected chi connectivity index (χ1v) is 5.95. The van der Waals surface area contributed by atoms with E-state index in [2.05, 4.69) is 62.6 Å². The van der Waals surface area contributed by atoms with Crippen LogP contribution in [0.1, 0.15) is 30.5 Å². The maximum atomic E-state index is 3.25. The highest BCUT2D eigenvalue weighted by atomic mass is 15.1. The smallest absolute Gasteiger partial charge is 0.0605 e. The normalized spacial score (nSPS) is 10.1. The van der Waals surface area contributed by atoms with Gasteiger partial charge in [0.25, 0.3) is 0 Å². The lowest BCUT2D eigenvalue weighted by Crippen LogP contribution is -2.22. The number of hydrogen-bond acceptors (Lipinski definition) is 1. The van der Waals surface area contributed by atoms with Crippen molar-refractivity contribution in [1.29, 1.82) is 0 Å². The van der Waals surface area contributed by atoms with E-state index >= 15 is 0 Å². The SMILES string of the molecule is CCN(CC)CC#Cc1ccc(C)cc1C. The van der Waals surface area contributed by atoms with Gasteiger partial charge < -0.3 is 0 Å². The second-order valence-electron chi connectivity index (χ2n) is 4.08. The lowest BCUT2D eigenvalue weighted by Gasteiger charge is -2.13. The first-order chi connectivity index (χ1) is 7.67. The molecule has 0 unspecified atom stereocenters. The molecule has 0 spiro atoms. The molecular weight excluding hydrogens is 194 g/mol. The molecular formula is C15H21N. The molecule has 16 heavy (non-hydrogen) atoms. The third-order valence-electron chi connectivity index (χ3n) is 2.80. The Labute approximate surface area is 99.5 Å². The summed E-state index contributed by atoms with van der Waals surface area (Å²) < 4.78 is 0. The largest absolute Gasteiger partial charge is 0.293 e. The first-order valence-electron chi connectivity index (χ1n) is 5.95. The van der Waals surface area contributed by atoms with Crippen LogP contribution in [0.25, 0.3) is 0 Å². The molecule has 0 fully saturated rings. The topological polar surface area (TPSA) is 3.24 Å². The van der Waals surface area contributed by atoms with E-state index in [1.165, 1.54) is 11.1 Å². The van der Waals surface area contributed by atoms with E-state index in [1.807, 2.05) is 0 Å². The van der Waals surface area contributed by atoms with Crippen LogP contribution in [0, 0.1) is 25.7 Å². The quantitative estimate of drug-likeness (QED) is 0.701. The molecule has 1 aromatic rings. The summed E-state index contributed by atoms with van der Waals surface area (Å²) in [4.78, 5) is 2.32. The van der Waals surface area contributed by atoms with Gasteiger partial charge in [0.2, 0.25) is 0 Å². The summed E-state index contributed by atoms with van der Waals surface area (Å²) in [5, 5.41) is 0. The fourth-order valence-electron chi connectivity index (χ4n) is 1.65. The third kappa shape index (κ3) is 3.72. The van der Waals surface area contributed by atoms with Crippen LogP contribution >= 0.6 is 0 Å². The lowest BCUT2D eigenvalue weighted by molar-refractivity contribution is 0.342. The van der Waals surface area contributed by atoms with Crippen molar-refractivity contribution in [1.82, 2.24) is 4.90 Å². The highest BCUT2D eigenvalue weighted by Crippen LogP contribution is 2.08. The Morgan fingerprint density at radius 2 is 1.81 bits per heavy atom. The van der Waals surface area contributed by atoms with E-state index in [0.29, 0.717) is 0 Å². The lowest BCUT2D eigenvalue weighted by atomic mass is 10.1. The van der Waals surface area contributed by atoms with Gasteiger partial charge in [-0.05, 0) is 38.6 Å². The van der Waals surface area contributed by atoms with Crippen LogP contribution in [-0.4, -0.2) is 24.5 Å². The Morgan fingerprint density at radius 3 is 2.38 bits per heavy atom. The van der Waals surface area contributed by atoms with Crippen molar-refractivity contribution < 1.29 is 0 Å². The van der Waals surface area contributed by atoms with Crippen LogP contribution in [-0.2, 0) is 0 Å². The minimum atomic E-state index is 0.861. The van der Waals surface area contributed by atoms with E-state index in [4.69, 9.17) is 0 Å². The summed E-state index contributed by atoms with van der Waals surface area (Å²) in [6, 6.07) is 6.41. The summed E-state index contributed by atoms with van der Waals surface area (Å²) >= 11 is 0. The zero-order valence-corrected chi connectivity index (χ0v) is 10.8. The van der Waals surface area contributed by atoms with Crippen LogP contribution in [0.15, 0.2) is 18.2 Å². The number of aryl methyl sites for hydroxylation is 2. The molecule has 1 rings (SSSR count). The van der Waals surface area contributed by atoms with Crippen molar-refractivity contribution in [2.24, 2.45) is 0 Å². The molecule has 0 radical (unpaired) electrons. The molecule has 1 nitrogen and oxygen atoms in total. The van der Waals surface area contributed by atoms with Crippen molar-refractivity contribution in [3.8, 4) is 11.8 Å². The molecule has 0 bridgehead atoms. The fourth-order valence-corrected chi connectivity index (χ4v) is 1.65. The standard InChI is InChI=1S/C15H21N/c1-5-16(6-2)11-7-8-15-10-9-13(3)12-14(15)4/h9-10,12H,5-6,11H2,1-4H3. The molecule has 0 aromatic heterocycles. The number of benzene rings is 1. The predicted molar refractivity (Wildman–Crippen MR) is 70.6 cm³/mol. The Hall–Kier alpha value is -1.26. The van der Waals surface area contributed by atoms with E-state index in [0.717, 1.165) is 25.2 Å². The second-order valence-corrected chi connectivity index (χ2v) is 4.08. The molecule has 1 heteroatoms. The molecule has 0 saturated heterocycles. The monoisotopic (exact) mass is 215 g/mol. The molecule has 0 N–H and O–H groups in total. The van der Waals surface area contributed by atoms with Gasteiger partial charge in [-0.2, -0.15) is 0 Å². The second kappa shape index (κ2) is 6.35. The van der Waals surface area contributed by atoms with Crippen LogP contribution < -0.4 is 0 Å². The molecule has 0 amide bonds. The summed E-state index contributed by atoms with van der Waals surface area (Å²) in [5.41, 5.74) is 3.72. The average molecular weight is 215 g/mol. The molecule has 1 aromatic carbocycles. The Morgan fingerprint density at radius 1 is 1.12 bits per heavy atom. The summed E-state index contributed by atoms with van der Waals surface area (Å²) in [5.74, 6) is 6.49. The first kappa shape index (κ1) is 12.8. The van der Waals surface area contributed by atoms with Crippen molar-refractivity contribution in [2.45, 2.75) is 27.7 Å². The molecule has 0 aliphatic carbocycles. The van der Waals surface area contributed by atoms with Gasteiger partial charge in [0.1, 0.15) is 0 Å². The zero-order chi connectivity index (χ0) is 12.0. The molecule has 0 atom stereocenters. The average Bonchev–Trinajstić information content (AvgIpc) is 2.27. The van der Waals surface area contributed by atoms with Gasteiger partial charge in [-0.1, -0.05) is 43.4 Å². The van der Waals surface area contributed by atoms with Gasteiger partial charge in [0.05, 0.1) is 6.54 Å². The number of rotatable bonds is 3. The van der Waals surface area contributed by atoms with E-state index in [-0.39, 0.29) is 0 Å². The van der Waals surface area contributed by atoms with E-state index in [1.54, 1.807) is 0 Å². The Bertz CT molecular complexity index is 392. The highest BCUT2D eigenvalue weighted by molar-refractivity contribution is 5.42. The van der Waals surface area contributed by atoms with Crippen LogP contribution in [0.5, 0.6) is 0 Å². The third-order valence-corrected chi connectivity index (χ3v) is 2.80. The minimum absolute atomic E-state index is 0.861. The predicted octanol–water partition coefficient (Wildman–Crippen LogP) is 3.00. The van der Waals surface area contributed by atoms with Gasteiger partial charge in [-0.25, -0.2) is 0 Å². The Kier molecular flexibility index (Phi) is 5.08. The summed E-state index contributed by atoms with van der Waals surface area (Å²) in [6.45, 7) is 11.6. The van der Waals surface area contributed by atoms with Crippen molar-refractivity contribution in [3.63, 3.8) is 0 Å². The van der Waals surface area contributed by atoms with Crippen molar-refractivity contribution in [3.05, 3.63) is 34.9 Å². The van der Waals surface area contributed by atoms with E-state index in [9.17, 15) is 0 Å². The zero-order valence-electron chi connectivity index (χ0n) is 10.8. The van der Waals surface area contributed by atoms with Crippen molar-refractivity contribution >= 4 is 0 Å². The maximum absolute atomic E-state index is 3.25. The Balaban J connectivity index is 2.69. The summed E-state index contributed by atoms with van der Waals surface area (Å²) in [7, 11) is 0. The number of nitrogens with zero attached hydrogens (tertiary/aromatic N) is 1. The molecule has 0 aliphatic heterocycles. The van der Waals surface area contributed by atoms with Gasteiger partial charge >= 0.3 is 0 Å². The van der Waals surface area contributed by atoms with Crippen LogP contribution in [0.2, 0.25) is 0 Å². The minimum Gasteiger partial charge on any atom is -0.293 e. The molecule has 0 aliphatic rings. The van der Waals surface area contributed by atoms with Gasteiger partial charge in [0, 0.05) is 5.56 Å². The van der Waals surface area contributed by atoms with Gasteiger partial charge in [-0.15, -0.1) is 0 Å². The van der Waals surface area contributed by atoms with Crippen molar-refractivity contribution in [2.75, 3.05) is 19.6 Å². The summed E-state index contributed by atoms with van der Waals surface area (Å²) in [6.07, 6.45) is 0. The van der Waals surface area contributed by atoms with Gasteiger partial charge in [-0.3, -0.25) is 4.90 Å². The van der Waals surface area contributed by atoms with Gasteiger partial charge in [0.15, 0.2) is 0 Å². The van der Waals surface area contributed by atoms with Crippen LogP contribution in [0.4, 0.5) is 0 Å². The molecule has 86 valence electrons. The number of hydrogen-bond donors (Lipinski definition) is 0. The molecule has 0 saturated carbocycles. The van der Waals surface area contributed by atoms with E-state index < -0.39 is 0 Å². The molecule has 0 heterocycles. The fraction of sp³-hybridized carbons (Fsp3) is 0.467. The van der Waals surface area contributed by atoms with Crippen LogP contribution in [0.3, 0.4) is 0 Å².